The zero-order valence-electron chi connectivity index (χ0n) is 13.2. The van der Waals surface area contributed by atoms with Gasteiger partial charge in [0.1, 0.15) is 5.69 Å². The minimum Gasteiger partial charge on any atom is -0.393 e. The molecule has 8 nitrogen and oxygen atoms in total. The molecule has 1 fully saturated rings. The SMILES string of the molecule is COCCN1CCCC1CNC(=O)c1ccc(N)c([N+](=O)[O-])c1. The van der Waals surface area contributed by atoms with E-state index in [4.69, 9.17) is 10.5 Å². The van der Waals surface area contributed by atoms with Crippen LogP contribution in [0.4, 0.5) is 11.4 Å². The average molecular weight is 322 g/mol. The zero-order chi connectivity index (χ0) is 16.8. The fraction of sp³-hybridized carbons (Fsp3) is 0.533. The van der Waals surface area contributed by atoms with Gasteiger partial charge in [-0.2, -0.15) is 0 Å². The third kappa shape index (κ3) is 4.40. The van der Waals surface area contributed by atoms with Gasteiger partial charge in [-0.25, -0.2) is 0 Å². The molecule has 8 heteroatoms. The molecule has 0 aliphatic carbocycles. The van der Waals surface area contributed by atoms with Gasteiger partial charge < -0.3 is 15.8 Å². The maximum absolute atomic E-state index is 12.2. The van der Waals surface area contributed by atoms with E-state index >= 15 is 0 Å². The summed E-state index contributed by atoms with van der Waals surface area (Å²) >= 11 is 0. The number of hydrogen-bond acceptors (Lipinski definition) is 6. The molecule has 1 aliphatic heterocycles. The van der Waals surface area contributed by atoms with Gasteiger partial charge in [0.2, 0.25) is 0 Å². The third-order valence-corrected chi connectivity index (χ3v) is 4.07. The van der Waals surface area contributed by atoms with Crippen molar-refractivity contribution in [3.05, 3.63) is 33.9 Å². The standard InChI is InChI=1S/C15H22N4O4/c1-23-8-7-18-6-2-3-12(18)10-17-15(20)11-4-5-13(16)14(9-11)19(21)22/h4-5,9,12H,2-3,6-8,10,16H2,1H3,(H,17,20). The van der Waals surface area contributed by atoms with Gasteiger partial charge in [0, 0.05) is 37.9 Å². The van der Waals surface area contributed by atoms with Gasteiger partial charge in [-0.3, -0.25) is 19.8 Å². The predicted octanol–water partition coefficient (Wildman–Crippen LogP) is 1.02. The van der Waals surface area contributed by atoms with Crippen LogP contribution in [0.1, 0.15) is 23.2 Å². The summed E-state index contributed by atoms with van der Waals surface area (Å²) in [6.45, 7) is 3.01. The number of benzene rings is 1. The van der Waals surface area contributed by atoms with Crippen LogP contribution in [-0.4, -0.2) is 55.1 Å². The number of nitrogens with zero attached hydrogens (tertiary/aromatic N) is 2. The maximum Gasteiger partial charge on any atom is 0.292 e. The Hall–Kier alpha value is -2.19. The summed E-state index contributed by atoms with van der Waals surface area (Å²) in [5.74, 6) is -0.327. The van der Waals surface area contributed by atoms with Gasteiger partial charge in [-0.15, -0.1) is 0 Å². The van der Waals surface area contributed by atoms with Crippen LogP contribution in [0.2, 0.25) is 0 Å². The predicted molar refractivity (Wildman–Crippen MR) is 86.3 cm³/mol. The van der Waals surface area contributed by atoms with Crippen molar-refractivity contribution in [2.24, 2.45) is 0 Å². The van der Waals surface area contributed by atoms with Crippen LogP contribution in [0.5, 0.6) is 0 Å². The minimum atomic E-state index is -0.588. The molecule has 0 saturated carbocycles. The molecule has 0 aromatic heterocycles. The van der Waals surface area contributed by atoms with Crippen molar-refractivity contribution in [1.82, 2.24) is 10.2 Å². The monoisotopic (exact) mass is 322 g/mol. The van der Waals surface area contributed by atoms with Crippen LogP contribution < -0.4 is 11.1 Å². The van der Waals surface area contributed by atoms with Crippen LogP contribution in [0.25, 0.3) is 0 Å². The Labute approximate surface area is 134 Å². The van der Waals surface area contributed by atoms with Gasteiger partial charge in [0.15, 0.2) is 0 Å². The number of rotatable bonds is 7. The lowest BCUT2D eigenvalue weighted by Gasteiger charge is -2.24. The molecule has 23 heavy (non-hydrogen) atoms. The quantitative estimate of drug-likeness (QED) is 0.440. The molecule has 2 rings (SSSR count). The maximum atomic E-state index is 12.2. The first kappa shape index (κ1) is 17.2. The summed E-state index contributed by atoms with van der Waals surface area (Å²) in [4.78, 5) is 24.8. The Balaban J connectivity index is 1.94. The van der Waals surface area contributed by atoms with Gasteiger partial charge in [-0.05, 0) is 31.5 Å². The molecule has 3 N–H and O–H groups in total. The molecule has 0 spiro atoms. The number of nitro benzene ring substituents is 1. The molecule has 1 aromatic carbocycles. The lowest BCUT2D eigenvalue weighted by Crippen LogP contribution is -2.41. The van der Waals surface area contributed by atoms with Crippen LogP contribution in [0.3, 0.4) is 0 Å². The highest BCUT2D eigenvalue weighted by molar-refractivity contribution is 5.95. The van der Waals surface area contributed by atoms with Crippen molar-refractivity contribution in [2.75, 3.05) is 39.1 Å². The number of likely N-dealkylation sites (tertiary alicyclic amines) is 1. The van der Waals surface area contributed by atoms with Gasteiger partial charge in [0.25, 0.3) is 11.6 Å². The molecule has 1 aromatic rings. The molecule has 1 aliphatic rings. The number of nitrogen functional groups attached to an aromatic ring is 1. The Bertz CT molecular complexity index is 579. The number of amides is 1. The van der Waals surface area contributed by atoms with Crippen LogP contribution >= 0.6 is 0 Å². The first-order valence-corrected chi connectivity index (χ1v) is 7.58. The summed E-state index contributed by atoms with van der Waals surface area (Å²) in [5.41, 5.74) is 5.58. The molecule has 0 radical (unpaired) electrons. The van der Waals surface area contributed by atoms with Crippen LogP contribution in [-0.2, 0) is 4.74 Å². The second-order valence-corrected chi connectivity index (χ2v) is 5.57. The Morgan fingerprint density at radius 2 is 2.35 bits per heavy atom. The largest absolute Gasteiger partial charge is 0.393 e. The molecule has 1 atom stereocenters. The summed E-state index contributed by atoms with van der Waals surface area (Å²) in [5, 5.41) is 13.7. The number of methoxy groups -OCH3 is 1. The number of carbonyl (C=O) groups excluding carboxylic acids is 1. The van der Waals surface area contributed by atoms with Gasteiger partial charge in [-0.1, -0.05) is 0 Å². The van der Waals surface area contributed by atoms with E-state index in [-0.39, 0.29) is 28.9 Å². The number of nitrogens with one attached hydrogen (secondary N) is 1. The fourth-order valence-corrected chi connectivity index (χ4v) is 2.78. The normalized spacial score (nSPS) is 18.0. The molecule has 1 saturated heterocycles. The van der Waals surface area contributed by atoms with Gasteiger partial charge in [0.05, 0.1) is 11.5 Å². The first-order chi connectivity index (χ1) is 11.0. The van der Waals surface area contributed by atoms with E-state index in [1.165, 1.54) is 18.2 Å². The van der Waals surface area contributed by atoms with E-state index in [9.17, 15) is 14.9 Å². The molecule has 126 valence electrons. The highest BCUT2D eigenvalue weighted by Crippen LogP contribution is 2.22. The smallest absolute Gasteiger partial charge is 0.292 e. The molecule has 0 bridgehead atoms. The second kappa shape index (κ2) is 7.89. The Morgan fingerprint density at radius 3 is 3.04 bits per heavy atom. The van der Waals surface area contributed by atoms with Crippen LogP contribution in [0, 0.1) is 10.1 Å². The number of hydrogen-bond donors (Lipinski definition) is 2. The molecular formula is C15H22N4O4. The van der Waals surface area contributed by atoms with Crippen molar-refractivity contribution in [3.63, 3.8) is 0 Å². The molecule has 1 amide bonds. The summed E-state index contributed by atoms with van der Waals surface area (Å²) < 4.78 is 5.09. The Morgan fingerprint density at radius 1 is 1.57 bits per heavy atom. The van der Waals surface area contributed by atoms with E-state index in [0.29, 0.717) is 13.2 Å². The highest BCUT2D eigenvalue weighted by Gasteiger charge is 2.24. The number of nitrogens with two attached hydrogens (primary N) is 1. The van der Waals surface area contributed by atoms with Gasteiger partial charge >= 0.3 is 0 Å². The van der Waals surface area contributed by atoms with Crippen LogP contribution in [0.15, 0.2) is 18.2 Å². The van der Waals surface area contributed by atoms with E-state index in [2.05, 4.69) is 10.2 Å². The first-order valence-electron chi connectivity index (χ1n) is 7.58. The lowest BCUT2D eigenvalue weighted by atomic mass is 10.1. The number of ether oxygens (including phenoxy) is 1. The lowest BCUT2D eigenvalue weighted by molar-refractivity contribution is -0.383. The average Bonchev–Trinajstić information content (AvgIpc) is 2.98. The number of nitro groups is 1. The molecule has 1 unspecified atom stereocenters. The number of carbonyl (C=O) groups is 1. The summed E-state index contributed by atoms with van der Waals surface area (Å²) in [7, 11) is 1.67. The highest BCUT2D eigenvalue weighted by atomic mass is 16.6. The summed E-state index contributed by atoms with van der Waals surface area (Å²) in [6, 6.07) is 4.36. The zero-order valence-corrected chi connectivity index (χ0v) is 13.2. The van der Waals surface area contributed by atoms with E-state index in [0.717, 1.165) is 25.9 Å². The van der Waals surface area contributed by atoms with Crippen molar-refractivity contribution < 1.29 is 14.5 Å². The van der Waals surface area contributed by atoms with E-state index in [1.54, 1.807) is 7.11 Å². The number of anilines is 1. The van der Waals surface area contributed by atoms with Crippen molar-refractivity contribution >= 4 is 17.3 Å². The topological polar surface area (TPSA) is 111 Å². The summed E-state index contributed by atoms with van der Waals surface area (Å²) in [6.07, 6.45) is 2.11. The van der Waals surface area contributed by atoms with Crippen molar-refractivity contribution in [2.45, 2.75) is 18.9 Å². The van der Waals surface area contributed by atoms with Crippen molar-refractivity contribution in [3.8, 4) is 0 Å². The third-order valence-electron chi connectivity index (χ3n) is 4.07. The second-order valence-electron chi connectivity index (χ2n) is 5.57. The fourth-order valence-electron chi connectivity index (χ4n) is 2.78. The molecular weight excluding hydrogens is 300 g/mol. The Kier molecular flexibility index (Phi) is 5.89. The van der Waals surface area contributed by atoms with Crippen molar-refractivity contribution in [1.29, 1.82) is 0 Å². The minimum absolute atomic E-state index is 0.0492. The van der Waals surface area contributed by atoms with E-state index in [1.807, 2.05) is 0 Å². The van der Waals surface area contributed by atoms with E-state index < -0.39 is 4.92 Å². The molecule has 1 heterocycles.